The Kier molecular flexibility index (Phi) is 2.83. The summed E-state index contributed by atoms with van der Waals surface area (Å²) in [6.07, 6.45) is 0.688. The maximum Gasteiger partial charge on any atom is 0.313 e. The number of carbonyl (C=O) groups is 1. The molecule has 0 radical (unpaired) electrons. The molecule has 18 heavy (non-hydrogen) atoms. The summed E-state index contributed by atoms with van der Waals surface area (Å²) in [7, 11) is 0. The lowest BCUT2D eigenvalue weighted by Gasteiger charge is -1.98. The Hall–Kier alpha value is -1.40. The van der Waals surface area contributed by atoms with Crippen molar-refractivity contribution in [3.05, 3.63) is 34.5 Å². The van der Waals surface area contributed by atoms with Crippen molar-refractivity contribution in [1.29, 1.82) is 0 Å². The Morgan fingerprint density at radius 3 is 3.17 bits per heavy atom. The van der Waals surface area contributed by atoms with Gasteiger partial charge in [-0.25, -0.2) is 9.37 Å². The molecule has 1 heterocycles. The summed E-state index contributed by atoms with van der Waals surface area (Å²) in [5, 5.41) is 8.62. The average molecular weight is 281 g/mol. The van der Waals surface area contributed by atoms with E-state index in [-0.39, 0.29) is 11.6 Å². The number of aromatic nitrogens is 1. The van der Waals surface area contributed by atoms with Crippen LogP contribution in [-0.2, 0) is 11.2 Å². The molecule has 0 bridgehead atoms. The van der Waals surface area contributed by atoms with Gasteiger partial charge in [0.05, 0.1) is 11.4 Å². The number of benzene rings is 1. The SMILES string of the molecule is O=C(O)CSc1nc2c(s1)Cc1cc(F)ccc1-2. The first-order valence-corrected chi connectivity index (χ1v) is 7.07. The second-order valence-electron chi connectivity index (χ2n) is 3.91. The van der Waals surface area contributed by atoms with Gasteiger partial charge in [-0.3, -0.25) is 4.79 Å². The Bertz CT molecular complexity index is 639. The van der Waals surface area contributed by atoms with Crippen LogP contribution in [0, 0.1) is 5.82 Å². The van der Waals surface area contributed by atoms with Crippen LogP contribution in [0.25, 0.3) is 11.3 Å². The van der Waals surface area contributed by atoms with Gasteiger partial charge in [0.1, 0.15) is 5.82 Å². The normalized spacial score (nSPS) is 12.3. The number of carboxylic acid groups (broad SMARTS) is 1. The third kappa shape index (κ3) is 2.02. The molecule has 1 aromatic carbocycles. The second kappa shape index (κ2) is 4.37. The molecule has 3 nitrogen and oxygen atoms in total. The number of carboxylic acids is 1. The number of nitrogens with zero attached hydrogens (tertiary/aromatic N) is 1. The molecular weight excluding hydrogens is 273 g/mol. The lowest BCUT2D eigenvalue weighted by Crippen LogP contribution is -1.97. The van der Waals surface area contributed by atoms with E-state index in [1.54, 1.807) is 6.07 Å². The number of thioether (sulfide) groups is 1. The van der Waals surface area contributed by atoms with Crippen molar-refractivity contribution < 1.29 is 14.3 Å². The molecule has 0 amide bonds. The van der Waals surface area contributed by atoms with Crippen molar-refractivity contribution in [3.63, 3.8) is 0 Å². The van der Waals surface area contributed by atoms with Crippen LogP contribution >= 0.6 is 23.1 Å². The van der Waals surface area contributed by atoms with Gasteiger partial charge in [-0.2, -0.15) is 0 Å². The molecule has 3 rings (SSSR count). The van der Waals surface area contributed by atoms with E-state index in [4.69, 9.17) is 5.11 Å². The van der Waals surface area contributed by atoms with E-state index in [9.17, 15) is 9.18 Å². The molecule has 2 aromatic rings. The zero-order valence-corrected chi connectivity index (χ0v) is 10.8. The van der Waals surface area contributed by atoms with E-state index in [0.717, 1.165) is 26.0 Å². The summed E-state index contributed by atoms with van der Waals surface area (Å²) in [5.74, 6) is -1.06. The van der Waals surface area contributed by atoms with Crippen LogP contribution in [0.5, 0.6) is 0 Å². The van der Waals surface area contributed by atoms with E-state index >= 15 is 0 Å². The summed E-state index contributed by atoms with van der Waals surface area (Å²) in [5.41, 5.74) is 2.80. The minimum absolute atomic E-state index is 0.0165. The molecule has 0 saturated carbocycles. The molecule has 0 saturated heterocycles. The number of rotatable bonds is 3. The molecular formula is C12H8FNO2S2. The zero-order valence-electron chi connectivity index (χ0n) is 9.14. The van der Waals surface area contributed by atoms with E-state index in [1.165, 1.54) is 35.2 Å². The molecule has 92 valence electrons. The Morgan fingerprint density at radius 1 is 1.56 bits per heavy atom. The van der Waals surface area contributed by atoms with Gasteiger partial charge in [0, 0.05) is 16.9 Å². The third-order valence-corrected chi connectivity index (χ3v) is 4.85. The van der Waals surface area contributed by atoms with Crippen molar-refractivity contribution in [1.82, 2.24) is 4.98 Å². The van der Waals surface area contributed by atoms with Crippen LogP contribution in [0.3, 0.4) is 0 Å². The monoisotopic (exact) mass is 281 g/mol. The lowest BCUT2D eigenvalue weighted by molar-refractivity contribution is -0.133. The fourth-order valence-corrected chi connectivity index (χ4v) is 3.90. The maximum atomic E-state index is 13.1. The first-order valence-electron chi connectivity index (χ1n) is 5.26. The summed E-state index contributed by atoms with van der Waals surface area (Å²) >= 11 is 2.72. The predicted octanol–water partition coefficient (Wildman–Crippen LogP) is 3.03. The predicted molar refractivity (Wildman–Crippen MR) is 68.7 cm³/mol. The number of halogens is 1. The molecule has 0 spiro atoms. The minimum Gasteiger partial charge on any atom is -0.481 e. The topological polar surface area (TPSA) is 50.2 Å². The molecule has 0 aliphatic heterocycles. The zero-order chi connectivity index (χ0) is 12.7. The van der Waals surface area contributed by atoms with Crippen LogP contribution < -0.4 is 0 Å². The van der Waals surface area contributed by atoms with Gasteiger partial charge in [0.15, 0.2) is 4.34 Å². The Balaban J connectivity index is 1.91. The minimum atomic E-state index is -0.849. The standard InChI is InChI=1S/C12H8FNO2S2/c13-7-1-2-8-6(3-7)4-9-11(8)14-12(18-9)17-5-10(15)16/h1-3H,4-5H2,(H,15,16). The highest BCUT2D eigenvalue weighted by Crippen LogP contribution is 2.41. The van der Waals surface area contributed by atoms with Gasteiger partial charge < -0.3 is 5.11 Å². The van der Waals surface area contributed by atoms with Gasteiger partial charge in [-0.05, 0) is 23.8 Å². The molecule has 1 aliphatic carbocycles. The van der Waals surface area contributed by atoms with E-state index < -0.39 is 5.97 Å². The van der Waals surface area contributed by atoms with Crippen LogP contribution in [0.15, 0.2) is 22.5 Å². The molecule has 1 aliphatic rings. The van der Waals surface area contributed by atoms with Crippen molar-refractivity contribution in [3.8, 4) is 11.3 Å². The lowest BCUT2D eigenvalue weighted by atomic mass is 10.1. The van der Waals surface area contributed by atoms with Crippen LogP contribution in [0.2, 0.25) is 0 Å². The van der Waals surface area contributed by atoms with Crippen LogP contribution in [-0.4, -0.2) is 21.8 Å². The average Bonchev–Trinajstić information content (AvgIpc) is 2.82. The van der Waals surface area contributed by atoms with Crippen molar-refractivity contribution in [2.24, 2.45) is 0 Å². The number of hydrogen-bond donors (Lipinski definition) is 1. The van der Waals surface area contributed by atoms with E-state index in [0.29, 0.717) is 6.42 Å². The van der Waals surface area contributed by atoms with Crippen LogP contribution in [0.1, 0.15) is 10.4 Å². The van der Waals surface area contributed by atoms with Gasteiger partial charge in [-0.15, -0.1) is 11.3 Å². The largest absolute Gasteiger partial charge is 0.481 e. The fraction of sp³-hybridized carbons (Fsp3) is 0.167. The summed E-state index contributed by atoms with van der Waals surface area (Å²) < 4.78 is 13.9. The molecule has 1 aromatic heterocycles. The van der Waals surface area contributed by atoms with Gasteiger partial charge >= 0.3 is 5.97 Å². The van der Waals surface area contributed by atoms with Crippen molar-refractivity contribution in [2.75, 3.05) is 5.75 Å². The smallest absolute Gasteiger partial charge is 0.313 e. The van der Waals surface area contributed by atoms with Crippen molar-refractivity contribution >= 4 is 29.1 Å². The number of hydrogen-bond acceptors (Lipinski definition) is 4. The first kappa shape index (κ1) is 11.7. The summed E-state index contributed by atoms with van der Waals surface area (Å²) in [6.45, 7) is 0. The number of aliphatic carboxylic acids is 1. The quantitative estimate of drug-likeness (QED) is 0.750. The van der Waals surface area contributed by atoms with Gasteiger partial charge in [-0.1, -0.05) is 11.8 Å². The highest BCUT2D eigenvalue weighted by Gasteiger charge is 2.23. The number of thiazole rings is 1. The highest BCUT2D eigenvalue weighted by molar-refractivity contribution is 8.01. The maximum absolute atomic E-state index is 13.1. The van der Waals surface area contributed by atoms with Crippen LogP contribution in [0.4, 0.5) is 4.39 Å². The van der Waals surface area contributed by atoms with Crippen molar-refractivity contribution in [2.45, 2.75) is 10.8 Å². The summed E-state index contributed by atoms with van der Waals surface area (Å²) in [4.78, 5) is 16.0. The number of fused-ring (bicyclic) bond motifs is 3. The van der Waals surface area contributed by atoms with E-state index in [2.05, 4.69) is 4.98 Å². The first-order chi connectivity index (χ1) is 8.63. The summed E-state index contributed by atoms with van der Waals surface area (Å²) in [6, 6.07) is 4.70. The third-order valence-electron chi connectivity index (χ3n) is 2.67. The molecule has 0 unspecified atom stereocenters. The van der Waals surface area contributed by atoms with Gasteiger partial charge in [0.25, 0.3) is 0 Å². The molecule has 0 atom stereocenters. The Labute approximate surface area is 111 Å². The second-order valence-corrected chi connectivity index (χ2v) is 6.22. The van der Waals surface area contributed by atoms with Gasteiger partial charge in [0.2, 0.25) is 0 Å². The molecule has 1 N–H and O–H groups in total. The fourth-order valence-electron chi connectivity index (χ4n) is 1.96. The molecule has 6 heteroatoms. The van der Waals surface area contributed by atoms with E-state index in [1.807, 2.05) is 0 Å². The Morgan fingerprint density at radius 2 is 2.39 bits per heavy atom. The highest BCUT2D eigenvalue weighted by atomic mass is 32.2. The molecule has 0 fully saturated rings.